The third-order valence-electron chi connectivity index (χ3n) is 2.83. The Morgan fingerprint density at radius 3 is 2.45 bits per heavy atom. The summed E-state index contributed by atoms with van der Waals surface area (Å²) in [5.74, 6) is -1.70. The molecule has 0 bridgehead atoms. The maximum absolute atomic E-state index is 12.1. The largest absolute Gasteiger partial charge is 0.545 e. The molecule has 0 saturated carbocycles. The standard InChI is InChI=1S/C15H12ClNO3/c1-9-4-2-3-5-11(9)14(18)17-10-6-7-13(16)12(8-10)15(19)20/h2-8H,1H3,(H,17,18)(H,19,20)/p-1. The average Bonchev–Trinajstić information content (AvgIpc) is 2.41. The summed E-state index contributed by atoms with van der Waals surface area (Å²) >= 11 is 5.74. The van der Waals surface area contributed by atoms with Crippen LogP contribution in [0.15, 0.2) is 42.5 Å². The van der Waals surface area contributed by atoms with Crippen LogP contribution in [0.25, 0.3) is 0 Å². The van der Waals surface area contributed by atoms with Crippen LogP contribution < -0.4 is 10.4 Å². The maximum atomic E-state index is 12.1. The zero-order valence-corrected chi connectivity index (χ0v) is 11.4. The van der Waals surface area contributed by atoms with Gasteiger partial charge < -0.3 is 15.2 Å². The van der Waals surface area contributed by atoms with E-state index in [1.54, 1.807) is 12.1 Å². The van der Waals surface area contributed by atoms with Gasteiger partial charge >= 0.3 is 0 Å². The Labute approximate surface area is 121 Å². The van der Waals surface area contributed by atoms with Crippen LogP contribution in [0.1, 0.15) is 26.3 Å². The molecule has 0 aliphatic carbocycles. The molecule has 0 heterocycles. The van der Waals surface area contributed by atoms with E-state index < -0.39 is 5.97 Å². The van der Waals surface area contributed by atoms with Gasteiger partial charge in [-0.15, -0.1) is 0 Å². The summed E-state index contributed by atoms with van der Waals surface area (Å²) in [6, 6.07) is 11.3. The monoisotopic (exact) mass is 288 g/mol. The molecule has 0 fully saturated rings. The van der Waals surface area contributed by atoms with Crippen molar-refractivity contribution in [2.45, 2.75) is 6.92 Å². The van der Waals surface area contributed by atoms with Gasteiger partial charge in [0.1, 0.15) is 0 Å². The number of carbonyl (C=O) groups excluding carboxylic acids is 2. The molecule has 4 nitrogen and oxygen atoms in total. The second kappa shape index (κ2) is 5.75. The predicted octanol–water partition coefficient (Wildman–Crippen LogP) is 2.26. The van der Waals surface area contributed by atoms with Gasteiger partial charge in [-0.3, -0.25) is 4.79 Å². The molecule has 0 aromatic heterocycles. The number of nitrogens with one attached hydrogen (secondary N) is 1. The van der Waals surface area contributed by atoms with Crippen LogP contribution in [0.4, 0.5) is 5.69 Å². The van der Waals surface area contributed by atoms with E-state index in [1.165, 1.54) is 18.2 Å². The molecule has 0 aliphatic rings. The maximum Gasteiger partial charge on any atom is 0.255 e. The average molecular weight is 289 g/mol. The van der Waals surface area contributed by atoms with E-state index in [4.69, 9.17) is 11.6 Å². The van der Waals surface area contributed by atoms with E-state index in [9.17, 15) is 14.7 Å². The summed E-state index contributed by atoms with van der Waals surface area (Å²) in [6.45, 7) is 1.82. The lowest BCUT2D eigenvalue weighted by Gasteiger charge is -2.10. The first kappa shape index (κ1) is 14.1. The SMILES string of the molecule is Cc1ccccc1C(=O)Nc1ccc(Cl)c(C(=O)[O-])c1. The first-order valence-electron chi connectivity index (χ1n) is 5.87. The lowest BCUT2D eigenvalue weighted by atomic mass is 10.1. The highest BCUT2D eigenvalue weighted by Gasteiger charge is 2.10. The number of aromatic carboxylic acids is 1. The van der Waals surface area contributed by atoms with E-state index in [-0.39, 0.29) is 16.5 Å². The van der Waals surface area contributed by atoms with Crippen molar-refractivity contribution in [1.82, 2.24) is 0 Å². The molecule has 0 unspecified atom stereocenters. The number of carboxylic acids is 1. The molecule has 2 rings (SSSR count). The zero-order chi connectivity index (χ0) is 14.7. The number of amides is 1. The number of hydrogen-bond acceptors (Lipinski definition) is 3. The molecule has 0 radical (unpaired) electrons. The van der Waals surface area contributed by atoms with Gasteiger partial charge in [-0.1, -0.05) is 29.8 Å². The van der Waals surface area contributed by atoms with Crippen LogP contribution in [-0.4, -0.2) is 11.9 Å². The van der Waals surface area contributed by atoms with Crippen LogP contribution in [0.5, 0.6) is 0 Å². The third kappa shape index (κ3) is 2.97. The van der Waals surface area contributed by atoms with Gasteiger partial charge in [-0.2, -0.15) is 0 Å². The van der Waals surface area contributed by atoms with E-state index in [2.05, 4.69) is 5.32 Å². The molecule has 5 heteroatoms. The van der Waals surface area contributed by atoms with Crippen LogP contribution in [-0.2, 0) is 0 Å². The molecule has 0 saturated heterocycles. The van der Waals surface area contributed by atoms with Gasteiger partial charge in [0.25, 0.3) is 5.91 Å². The molecule has 0 aliphatic heterocycles. The lowest BCUT2D eigenvalue weighted by molar-refractivity contribution is -0.255. The van der Waals surface area contributed by atoms with Crippen LogP contribution >= 0.6 is 11.6 Å². The molecular formula is C15H11ClNO3-. The van der Waals surface area contributed by atoms with Crippen LogP contribution in [0.2, 0.25) is 5.02 Å². The fourth-order valence-electron chi connectivity index (χ4n) is 1.79. The highest BCUT2D eigenvalue weighted by atomic mass is 35.5. The Hall–Kier alpha value is -2.33. The lowest BCUT2D eigenvalue weighted by Crippen LogP contribution is -2.23. The molecule has 1 amide bonds. The van der Waals surface area contributed by atoms with Crippen LogP contribution in [0.3, 0.4) is 0 Å². The fourth-order valence-corrected chi connectivity index (χ4v) is 1.98. The summed E-state index contributed by atoms with van der Waals surface area (Å²) in [5.41, 5.74) is 1.55. The summed E-state index contributed by atoms with van der Waals surface area (Å²) < 4.78 is 0. The minimum atomic E-state index is -1.39. The minimum Gasteiger partial charge on any atom is -0.545 e. The predicted molar refractivity (Wildman–Crippen MR) is 74.9 cm³/mol. The molecule has 20 heavy (non-hydrogen) atoms. The van der Waals surface area contributed by atoms with Crippen LogP contribution in [0, 0.1) is 6.92 Å². The highest BCUT2D eigenvalue weighted by molar-refractivity contribution is 6.33. The second-order valence-electron chi connectivity index (χ2n) is 4.25. The summed E-state index contributed by atoms with van der Waals surface area (Å²) in [7, 11) is 0. The Morgan fingerprint density at radius 1 is 1.10 bits per heavy atom. The zero-order valence-electron chi connectivity index (χ0n) is 10.6. The van der Waals surface area contributed by atoms with Crippen molar-refractivity contribution in [2.24, 2.45) is 0 Å². The third-order valence-corrected chi connectivity index (χ3v) is 3.16. The van der Waals surface area contributed by atoms with Gasteiger partial charge in [0, 0.05) is 21.8 Å². The molecule has 2 aromatic rings. The number of aryl methyl sites for hydroxylation is 1. The Kier molecular flexibility index (Phi) is 4.05. The van der Waals surface area contributed by atoms with Crippen molar-refractivity contribution >= 4 is 29.2 Å². The topological polar surface area (TPSA) is 69.2 Å². The number of halogens is 1. The van der Waals surface area contributed by atoms with Crippen molar-refractivity contribution in [1.29, 1.82) is 0 Å². The summed E-state index contributed by atoms with van der Waals surface area (Å²) in [4.78, 5) is 23.0. The number of hydrogen-bond donors (Lipinski definition) is 1. The number of carboxylic acid groups (broad SMARTS) is 1. The van der Waals surface area contributed by atoms with Crippen molar-refractivity contribution in [2.75, 3.05) is 5.32 Å². The highest BCUT2D eigenvalue weighted by Crippen LogP contribution is 2.21. The molecule has 1 N–H and O–H groups in total. The number of anilines is 1. The van der Waals surface area contributed by atoms with Gasteiger partial charge in [0.15, 0.2) is 0 Å². The quantitative estimate of drug-likeness (QED) is 0.942. The molecular weight excluding hydrogens is 278 g/mol. The minimum absolute atomic E-state index is 0.0684. The summed E-state index contributed by atoms with van der Waals surface area (Å²) in [5, 5.41) is 13.6. The molecule has 2 aromatic carbocycles. The first-order chi connectivity index (χ1) is 9.49. The van der Waals surface area contributed by atoms with E-state index >= 15 is 0 Å². The van der Waals surface area contributed by atoms with E-state index in [0.717, 1.165) is 5.56 Å². The smallest absolute Gasteiger partial charge is 0.255 e. The van der Waals surface area contributed by atoms with Crippen molar-refractivity contribution < 1.29 is 14.7 Å². The summed E-state index contributed by atoms with van der Waals surface area (Å²) in [6.07, 6.45) is 0. The molecule has 0 spiro atoms. The first-order valence-corrected chi connectivity index (χ1v) is 6.24. The molecule has 0 atom stereocenters. The van der Waals surface area contributed by atoms with Crippen molar-refractivity contribution in [3.63, 3.8) is 0 Å². The van der Waals surface area contributed by atoms with Gasteiger partial charge in [-0.25, -0.2) is 0 Å². The van der Waals surface area contributed by atoms with E-state index in [1.807, 2.05) is 19.1 Å². The Balaban J connectivity index is 2.27. The van der Waals surface area contributed by atoms with E-state index in [0.29, 0.717) is 11.3 Å². The normalized spacial score (nSPS) is 10.1. The number of benzene rings is 2. The van der Waals surface area contributed by atoms with Crippen molar-refractivity contribution in [3.05, 3.63) is 64.2 Å². The molecule has 102 valence electrons. The van der Waals surface area contributed by atoms with Gasteiger partial charge in [0.2, 0.25) is 0 Å². The van der Waals surface area contributed by atoms with Gasteiger partial charge in [-0.05, 0) is 36.8 Å². The Bertz CT molecular complexity index is 683. The fraction of sp³-hybridized carbons (Fsp3) is 0.0667. The van der Waals surface area contributed by atoms with Crippen molar-refractivity contribution in [3.8, 4) is 0 Å². The number of rotatable bonds is 3. The number of carbonyl (C=O) groups is 2. The second-order valence-corrected chi connectivity index (χ2v) is 4.66. The van der Waals surface area contributed by atoms with Gasteiger partial charge in [0.05, 0.1) is 5.97 Å². The Morgan fingerprint density at radius 2 is 1.80 bits per heavy atom.